The Morgan fingerprint density at radius 3 is 2.52 bits per heavy atom. The zero-order valence-electron chi connectivity index (χ0n) is 15.5. The summed E-state index contributed by atoms with van der Waals surface area (Å²) in [6, 6.07) is 15.7. The number of urea groups is 1. The molecule has 0 saturated carbocycles. The van der Waals surface area contributed by atoms with Gasteiger partial charge in [-0.2, -0.15) is 0 Å². The van der Waals surface area contributed by atoms with E-state index in [0.29, 0.717) is 17.3 Å². The molecule has 1 aliphatic rings. The van der Waals surface area contributed by atoms with Crippen molar-refractivity contribution < 1.29 is 4.79 Å². The summed E-state index contributed by atoms with van der Waals surface area (Å²) in [6.45, 7) is 5.49. The van der Waals surface area contributed by atoms with Crippen LogP contribution in [0.3, 0.4) is 0 Å². The number of carbonyl (C=O) groups is 1. The molecule has 2 N–H and O–H groups in total. The SMILES string of the molecule is CSc1ccc(N2CCN(CCNC(=O)Nc3cccc(Cl)c3)CC2)cc1. The number of piperazine rings is 1. The molecule has 1 saturated heterocycles. The summed E-state index contributed by atoms with van der Waals surface area (Å²) in [4.78, 5) is 18.1. The number of anilines is 2. The lowest BCUT2D eigenvalue weighted by Crippen LogP contribution is -2.48. The fourth-order valence-corrected chi connectivity index (χ4v) is 3.69. The van der Waals surface area contributed by atoms with Crippen molar-refractivity contribution in [2.75, 3.05) is 55.7 Å². The molecule has 27 heavy (non-hydrogen) atoms. The Labute approximate surface area is 170 Å². The summed E-state index contributed by atoms with van der Waals surface area (Å²) in [5.74, 6) is 0. The molecule has 1 fully saturated rings. The van der Waals surface area contributed by atoms with E-state index >= 15 is 0 Å². The van der Waals surface area contributed by atoms with Crippen molar-refractivity contribution in [3.63, 3.8) is 0 Å². The van der Waals surface area contributed by atoms with Gasteiger partial charge in [-0.3, -0.25) is 4.90 Å². The molecular formula is C20H25ClN4OS. The van der Waals surface area contributed by atoms with Gasteiger partial charge in [0.25, 0.3) is 0 Å². The molecule has 2 aromatic rings. The summed E-state index contributed by atoms with van der Waals surface area (Å²) in [5, 5.41) is 6.30. The fraction of sp³-hybridized carbons (Fsp3) is 0.350. The first-order valence-corrected chi connectivity index (χ1v) is 10.7. The van der Waals surface area contributed by atoms with Crippen LogP contribution in [0.4, 0.5) is 16.2 Å². The second-order valence-electron chi connectivity index (χ2n) is 6.42. The molecule has 0 atom stereocenters. The third-order valence-electron chi connectivity index (χ3n) is 4.61. The Kier molecular flexibility index (Phi) is 7.26. The third kappa shape index (κ3) is 6.06. The molecule has 1 heterocycles. The van der Waals surface area contributed by atoms with E-state index in [0.717, 1.165) is 32.7 Å². The van der Waals surface area contributed by atoms with Crippen molar-refractivity contribution >= 4 is 40.8 Å². The van der Waals surface area contributed by atoms with E-state index in [1.165, 1.54) is 10.6 Å². The van der Waals surface area contributed by atoms with Crippen molar-refractivity contribution in [2.45, 2.75) is 4.90 Å². The highest BCUT2D eigenvalue weighted by Crippen LogP contribution is 2.21. The van der Waals surface area contributed by atoms with Crippen LogP contribution in [-0.4, -0.2) is 56.5 Å². The minimum atomic E-state index is -0.204. The topological polar surface area (TPSA) is 47.6 Å². The van der Waals surface area contributed by atoms with Crippen LogP contribution in [0.5, 0.6) is 0 Å². The summed E-state index contributed by atoms with van der Waals surface area (Å²) < 4.78 is 0. The monoisotopic (exact) mass is 404 g/mol. The first-order chi connectivity index (χ1) is 13.1. The number of amides is 2. The number of thioether (sulfide) groups is 1. The van der Waals surface area contributed by atoms with Gasteiger partial charge in [-0.1, -0.05) is 17.7 Å². The fourth-order valence-electron chi connectivity index (χ4n) is 3.09. The Hall–Kier alpha value is -1.89. The maximum atomic E-state index is 12.0. The van der Waals surface area contributed by atoms with Crippen LogP contribution in [0.15, 0.2) is 53.4 Å². The van der Waals surface area contributed by atoms with Gasteiger partial charge in [0.2, 0.25) is 0 Å². The number of benzene rings is 2. The molecule has 2 amide bonds. The van der Waals surface area contributed by atoms with E-state index in [1.54, 1.807) is 23.9 Å². The Bertz CT molecular complexity index is 748. The normalized spacial score (nSPS) is 14.8. The van der Waals surface area contributed by atoms with Gasteiger partial charge in [0, 0.05) is 60.6 Å². The number of carbonyl (C=O) groups excluding carboxylic acids is 1. The van der Waals surface area contributed by atoms with Crippen molar-refractivity contribution in [2.24, 2.45) is 0 Å². The van der Waals surface area contributed by atoms with Crippen LogP contribution in [0.1, 0.15) is 0 Å². The number of rotatable bonds is 6. The van der Waals surface area contributed by atoms with E-state index in [1.807, 2.05) is 12.1 Å². The highest BCUT2D eigenvalue weighted by atomic mass is 35.5. The average Bonchev–Trinajstić information content (AvgIpc) is 2.69. The van der Waals surface area contributed by atoms with Crippen LogP contribution in [0, 0.1) is 0 Å². The Morgan fingerprint density at radius 1 is 1.11 bits per heavy atom. The molecule has 0 aliphatic carbocycles. The van der Waals surface area contributed by atoms with Gasteiger partial charge in [0.15, 0.2) is 0 Å². The highest BCUT2D eigenvalue weighted by Gasteiger charge is 2.17. The van der Waals surface area contributed by atoms with Crippen molar-refractivity contribution in [3.8, 4) is 0 Å². The summed E-state index contributed by atoms with van der Waals surface area (Å²) in [5.41, 5.74) is 1.98. The minimum Gasteiger partial charge on any atom is -0.369 e. The number of hydrogen-bond donors (Lipinski definition) is 2. The van der Waals surface area contributed by atoms with Gasteiger partial charge in [0.05, 0.1) is 0 Å². The molecule has 5 nitrogen and oxygen atoms in total. The largest absolute Gasteiger partial charge is 0.369 e. The maximum absolute atomic E-state index is 12.0. The molecule has 1 aliphatic heterocycles. The summed E-state index contributed by atoms with van der Waals surface area (Å²) in [6.07, 6.45) is 2.09. The lowest BCUT2D eigenvalue weighted by Gasteiger charge is -2.36. The van der Waals surface area contributed by atoms with Crippen LogP contribution in [0.2, 0.25) is 5.02 Å². The summed E-state index contributed by atoms with van der Waals surface area (Å²) >= 11 is 7.69. The lowest BCUT2D eigenvalue weighted by molar-refractivity contribution is 0.240. The second-order valence-corrected chi connectivity index (χ2v) is 7.73. The second kappa shape index (κ2) is 9.88. The standard InChI is InChI=1S/C20H25ClN4OS/c1-27-19-7-5-18(6-8-19)25-13-11-24(12-14-25)10-9-22-20(26)23-17-4-2-3-16(21)15-17/h2-8,15H,9-14H2,1H3,(H2,22,23,26). The Morgan fingerprint density at radius 2 is 1.85 bits per heavy atom. The minimum absolute atomic E-state index is 0.204. The average molecular weight is 405 g/mol. The maximum Gasteiger partial charge on any atom is 0.319 e. The highest BCUT2D eigenvalue weighted by molar-refractivity contribution is 7.98. The van der Waals surface area contributed by atoms with Crippen molar-refractivity contribution in [1.82, 2.24) is 10.2 Å². The quantitative estimate of drug-likeness (QED) is 0.714. The predicted octanol–water partition coefficient (Wildman–Crippen LogP) is 4.01. The van der Waals surface area contributed by atoms with Gasteiger partial charge in [-0.05, 0) is 48.7 Å². The predicted molar refractivity (Wildman–Crippen MR) is 115 cm³/mol. The van der Waals surface area contributed by atoms with Crippen LogP contribution in [0.25, 0.3) is 0 Å². The first kappa shape index (κ1) is 19.9. The van der Waals surface area contributed by atoms with Gasteiger partial charge >= 0.3 is 6.03 Å². The molecule has 3 rings (SSSR count). The number of nitrogens with one attached hydrogen (secondary N) is 2. The lowest BCUT2D eigenvalue weighted by atomic mass is 10.2. The summed E-state index contributed by atoms with van der Waals surface area (Å²) in [7, 11) is 0. The van der Waals surface area contributed by atoms with Gasteiger partial charge in [-0.25, -0.2) is 4.79 Å². The molecule has 7 heteroatoms. The molecular weight excluding hydrogens is 380 g/mol. The van der Waals surface area contributed by atoms with Gasteiger partial charge in [-0.15, -0.1) is 11.8 Å². The number of hydrogen-bond acceptors (Lipinski definition) is 4. The van der Waals surface area contributed by atoms with E-state index < -0.39 is 0 Å². The van der Waals surface area contributed by atoms with E-state index in [9.17, 15) is 4.79 Å². The molecule has 2 aromatic carbocycles. The van der Waals surface area contributed by atoms with E-state index in [-0.39, 0.29) is 6.03 Å². The van der Waals surface area contributed by atoms with Crippen molar-refractivity contribution in [3.05, 3.63) is 53.6 Å². The Balaban J connectivity index is 1.36. The number of halogens is 1. The van der Waals surface area contributed by atoms with Gasteiger partial charge < -0.3 is 15.5 Å². The molecule has 144 valence electrons. The molecule has 0 spiro atoms. The van der Waals surface area contributed by atoms with E-state index in [4.69, 9.17) is 11.6 Å². The third-order valence-corrected chi connectivity index (χ3v) is 5.58. The van der Waals surface area contributed by atoms with Crippen molar-refractivity contribution in [1.29, 1.82) is 0 Å². The van der Waals surface area contributed by atoms with Crippen LogP contribution < -0.4 is 15.5 Å². The zero-order valence-corrected chi connectivity index (χ0v) is 17.0. The van der Waals surface area contributed by atoms with Gasteiger partial charge in [0.1, 0.15) is 0 Å². The first-order valence-electron chi connectivity index (χ1n) is 9.06. The smallest absolute Gasteiger partial charge is 0.319 e. The molecule has 0 radical (unpaired) electrons. The number of nitrogens with zero attached hydrogens (tertiary/aromatic N) is 2. The van der Waals surface area contributed by atoms with E-state index in [2.05, 4.69) is 51.0 Å². The molecule has 0 bridgehead atoms. The zero-order chi connectivity index (χ0) is 19.1. The van der Waals surface area contributed by atoms with Crippen LogP contribution in [-0.2, 0) is 0 Å². The molecule has 0 unspecified atom stereocenters. The van der Waals surface area contributed by atoms with Crippen LogP contribution >= 0.6 is 23.4 Å². The molecule has 0 aromatic heterocycles.